The molecule has 0 spiro atoms. The van der Waals surface area contributed by atoms with Crippen molar-refractivity contribution >= 4 is 10.0 Å². The molecule has 8 heteroatoms. The number of nitrogens with two attached hydrogens (primary N) is 1. The number of aromatic amines is 1. The van der Waals surface area contributed by atoms with Gasteiger partial charge in [-0.05, 0) is 19.8 Å². The van der Waals surface area contributed by atoms with Crippen LogP contribution in [0.15, 0.2) is 11.2 Å². The second-order valence-corrected chi connectivity index (χ2v) is 5.95. The quantitative estimate of drug-likeness (QED) is 0.660. The van der Waals surface area contributed by atoms with Crippen LogP contribution in [0.2, 0.25) is 0 Å². The second kappa shape index (κ2) is 5.35. The molecule has 1 heterocycles. The molecule has 0 radical (unpaired) electrons. The standard InChI is InChI=1S/C10H18N4O3S/c1-2-17-9-3-8(4-9)14-18(15,16)10-7(5-11)6-12-13-10/h6,8-9,14H,2-5,11H2,1H3,(H,12,13). The molecule has 1 aromatic rings. The lowest BCUT2D eigenvalue weighted by atomic mass is 9.90. The maximum Gasteiger partial charge on any atom is 0.258 e. The maximum atomic E-state index is 12.1. The second-order valence-electron chi connectivity index (χ2n) is 4.30. The molecule has 0 bridgehead atoms. The van der Waals surface area contributed by atoms with E-state index in [0.717, 1.165) is 0 Å². The number of sulfonamides is 1. The highest BCUT2D eigenvalue weighted by Gasteiger charge is 2.34. The van der Waals surface area contributed by atoms with E-state index < -0.39 is 10.0 Å². The first-order chi connectivity index (χ1) is 8.56. The van der Waals surface area contributed by atoms with Gasteiger partial charge in [0.2, 0.25) is 0 Å². The summed E-state index contributed by atoms with van der Waals surface area (Å²) in [4.78, 5) is 0. The van der Waals surface area contributed by atoms with Crippen LogP contribution in [-0.4, -0.2) is 37.4 Å². The van der Waals surface area contributed by atoms with Crippen LogP contribution in [0.3, 0.4) is 0 Å². The summed E-state index contributed by atoms with van der Waals surface area (Å²) in [5.41, 5.74) is 5.95. The number of nitrogens with one attached hydrogen (secondary N) is 2. The SMILES string of the molecule is CCOC1CC(NS(=O)(=O)c2[nH]ncc2CN)C1. The Balaban J connectivity index is 1.97. The van der Waals surface area contributed by atoms with E-state index in [2.05, 4.69) is 14.9 Å². The van der Waals surface area contributed by atoms with Gasteiger partial charge in [-0.3, -0.25) is 5.10 Å². The van der Waals surface area contributed by atoms with Gasteiger partial charge in [0.1, 0.15) is 0 Å². The molecule has 102 valence electrons. The summed E-state index contributed by atoms with van der Waals surface area (Å²) < 4.78 is 32.1. The zero-order valence-electron chi connectivity index (χ0n) is 10.2. The van der Waals surface area contributed by atoms with Gasteiger partial charge in [-0.2, -0.15) is 5.10 Å². The van der Waals surface area contributed by atoms with Gasteiger partial charge in [-0.1, -0.05) is 0 Å². The fraction of sp³-hybridized carbons (Fsp3) is 0.700. The molecular weight excluding hydrogens is 256 g/mol. The molecule has 2 rings (SSSR count). The molecule has 0 atom stereocenters. The third-order valence-electron chi connectivity index (χ3n) is 2.99. The van der Waals surface area contributed by atoms with Gasteiger partial charge in [0, 0.05) is 24.8 Å². The van der Waals surface area contributed by atoms with Crippen molar-refractivity contribution in [2.45, 2.75) is 43.5 Å². The van der Waals surface area contributed by atoms with Crippen molar-refractivity contribution in [2.75, 3.05) is 6.61 Å². The minimum absolute atomic E-state index is 0.0601. The average Bonchev–Trinajstić information content (AvgIpc) is 2.75. The summed E-state index contributed by atoms with van der Waals surface area (Å²) in [5, 5.41) is 6.24. The van der Waals surface area contributed by atoms with E-state index in [9.17, 15) is 8.42 Å². The number of H-pyrrole nitrogens is 1. The molecule has 0 aromatic carbocycles. The summed E-state index contributed by atoms with van der Waals surface area (Å²) in [5.74, 6) is 0. The molecule has 4 N–H and O–H groups in total. The molecule has 0 saturated heterocycles. The van der Waals surface area contributed by atoms with Crippen molar-refractivity contribution in [2.24, 2.45) is 5.73 Å². The molecule has 0 aliphatic heterocycles. The van der Waals surface area contributed by atoms with Crippen LogP contribution in [0.4, 0.5) is 0 Å². The molecule has 1 fully saturated rings. The molecule has 0 unspecified atom stereocenters. The van der Waals surface area contributed by atoms with E-state index >= 15 is 0 Å². The van der Waals surface area contributed by atoms with Crippen LogP contribution in [0.1, 0.15) is 25.3 Å². The Hall–Kier alpha value is -0.960. The van der Waals surface area contributed by atoms with Gasteiger partial charge in [-0.15, -0.1) is 0 Å². The summed E-state index contributed by atoms with van der Waals surface area (Å²) in [7, 11) is -3.56. The Morgan fingerprint density at radius 2 is 2.33 bits per heavy atom. The molecular formula is C10H18N4O3S. The molecule has 7 nitrogen and oxygen atoms in total. The van der Waals surface area contributed by atoms with E-state index in [-0.39, 0.29) is 23.7 Å². The fourth-order valence-corrected chi connectivity index (χ4v) is 3.39. The number of hydrogen-bond donors (Lipinski definition) is 3. The Morgan fingerprint density at radius 3 is 2.94 bits per heavy atom. The summed E-state index contributed by atoms with van der Waals surface area (Å²) in [6, 6.07) is -0.0690. The number of aromatic nitrogens is 2. The van der Waals surface area contributed by atoms with Gasteiger partial charge in [0.25, 0.3) is 10.0 Å². The van der Waals surface area contributed by atoms with Gasteiger partial charge < -0.3 is 10.5 Å². The van der Waals surface area contributed by atoms with Gasteiger partial charge >= 0.3 is 0 Å². The smallest absolute Gasteiger partial charge is 0.258 e. The molecule has 1 aliphatic carbocycles. The van der Waals surface area contributed by atoms with Crippen LogP contribution in [0.5, 0.6) is 0 Å². The highest BCUT2D eigenvalue weighted by Crippen LogP contribution is 2.25. The lowest BCUT2D eigenvalue weighted by Gasteiger charge is -2.34. The van der Waals surface area contributed by atoms with E-state index in [1.807, 2.05) is 6.92 Å². The van der Waals surface area contributed by atoms with E-state index in [1.54, 1.807) is 0 Å². The summed E-state index contributed by atoms with van der Waals surface area (Å²) in [6.07, 6.45) is 3.01. The topological polar surface area (TPSA) is 110 Å². The lowest BCUT2D eigenvalue weighted by molar-refractivity contribution is -0.00477. The maximum absolute atomic E-state index is 12.1. The Morgan fingerprint density at radius 1 is 1.61 bits per heavy atom. The van der Waals surface area contributed by atoms with E-state index in [4.69, 9.17) is 10.5 Å². The summed E-state index contributed by atoms with van der Waals surface area (Å²) >= 11 is 0. The van der Waals surface area contributed by atoms with Crippen LogP contribution in [0, 0.1) is 0 Å². The number of nitrogens with zero attached hydrogens (tertiary/aromatic N) is 1. The lowest BCUT2D eigenvalue weighted by Crippen LogP contribution is -2.47. The molecule has 1 aromatic heterocycles. The van der Waals surface area contributed by atoms with Gasteiger partial charge in [0.15, 0.2) is 5.03 Å². The third kappa shape index (κ3) is 2.72. The number of hydrogen-bond acceptors (Lipinski definition) is 5. The van der Waals surface area contributed by atoms with Crippen molar-refractivity contribution in [1.29, 1.82) is 0 Å². The molecule has 1 aliphatic rings. The predicted molar refractivity (Wildman–Crippen MR) is 65.2 cm³/mol. The van der Waals surface area contributed by atoms with Crippen molar-refractivity contribution in [3.8, 4) is 0 Å². The van der Waals surface area contributed by atoms with Crippen molar-refractivity contribution < 1.29 is 13.2 Å². The zero-order chi connectivity index (χ0) is 13.2. The largest absolute Gasteiger partial charge is 0.378 e. The van der Waals surface area contributed by atoms with Gasteiger partial charge in [-0.25, -0.2) is 13.1 Å². The first-order valence-corrected chi connectivity index (χ1v) is 7.41. The summed E-state index contributed by atoms with van der Waals surface area (Å²) in [6.45, 7) is 2.72. The Kier molecular flexibility index (Phi) is 4.00. The molecule has 1 saturated carbocycles. The molecule has 18 heavy (non-hydrogen) atoms. The average molecular weight is 274 g/mol. The van der Waals surface area contributed by atoms with Crippen LogP contribution in [-0.2, 0) is 21.3 Å². The first-order valence-electron chi connectivity index (χ1n) is 5.93. The van der Waals surface area contributed by atoms with Crippen molar-refractivity contribution in [3.05, 3.63) is 11.8 Å². The number of rotatable bonds is 6. The van der Waals surface area contributed by atoms with E-state index in [0.29, 0.717) is 25.0 Å². The highest BCUT2D eigenvalue weighted by atomic mass is 32.2. The first kappa shape index (κ1) is 13.5. The van der Waals surface area contributed by atoms with Crippen LogP contribution < -0.4 is 10.5 Å². The van der Waals surface area contributed by atoms with Crippen LogP contribution in [0.25, 0.3) is 0 Å². The Bertz CT molecular complexity index is 493. The minimum atomic E-state index is -3.56. The van der Waals surface area contributed by atoms with E-state index in [1.165, 1.54) is 6.20 Å². The number of ether oxygens (including phenoxy) is 1. The van der Waals surface area contributed by atoms with Crippen LogP contribution >= 0.6 is 0 Å². The normalized spacial score (nSPS) is 23.9. The fourth-order valence-electron chi connectivity index (χ4n) is 1.99. The van der Waals surface area contributed by atoms with Crippen molar-refractivity contribution in [3.63, 3.8) is 0 Å². The predicted octanol–water partition coefficient (Wildman–Crippen LogP) is -0.286. The minimum Gasteiger partial charge on any atom is -0.378 e. The highest BCUT2D eigenvalue weighted by molar-refractivity contribution is 7.89. The monoisotopic (exact) mass is 274 g/mol. The Labute approximate surface area is 106 Å². The third-order valence-corrected chi connectivity index (χ3v) is 4.52. The van der Waals surface area contributed by atoms with Crippen molar-refractivity contribution in [1.82, 2.24) is 14.9 Å². The molecule has 0 amide bonds. The zero-order valence-corrected chi connectivity index (χ0v) is 11.0. The van der Waals surface area contributed by atoms with Gasteiger partial charge in [0.05, 0.1) is 12.3 Å².